The number of amides is 3. The molecule has 20 heteroatoms. The Labute approximate surface area is 352 Å². The van der Waals surface area contributed by atoms with E-state index in [0.717, 1.165) is 34.7 Å². The molecule has 8 rings (SSSR count). The zero-order valence-electron chi connectivity index (χ0n) is 33.5. The fraction of sp³-hybridized carbons (Fsp3) is 0.415. The number of anilines is 3. The lowest BCUT2D eigenvalue weighted by molar-refractivity contribution is -0.137. The zero-order chi connectivity index (χ0) is 43.1. The molecule has 3 aliphatic heterocycles. The van der Waals surface area contributed by atoms with Crippen molar-refractivity contribution in [2.24, 2.45) is 5.41 Å². The maximum atomic E-state index is 14.6. The van der Waals surface area contributed by atoms with Gasteiger partial charge in [-0.2, -0.15) is 22.7 Å². The van der Waals surface area contributed by atoms with Gasteiger partial charge >= 0.3 is 6.18 Å². The van der Waals surface area contributed by atoms with Crippen molar-refractivity contribution in [2.75, 3.05) is 60.9 Å². The van der Waals surface area contributed by atoms with Crippen LogP contribution in [0.2, 0.25) is 5.02 Å². The van der Waals surface area contributed by atoms with Crippen LogP contribution in [-0.2, 0) is 35.3 Å². The lowest BCUT2D eigenvalue weighted by Crippen LogP contribution is -2.51. The highest BCUT2D eigenvalue weighted by Gasteiger charge is 2.45. The molecular formula is C41H43ClF3N11O5. The van der Waals surface area contributed by atoms with Crippen LogP contribution in [0, 0.1) is 12.3 Å². The topological polar surface area (TPSA) is 172 Å². The van der Waals surface area contributed by atoms with Crippen LogP contribution in [0.1, 0.15) is 59.2 Å². The number of benzene rings is 2. The predicted molar refractivity (Wildman–Crippen MR) is 219 cm³/mol. The average Bonchev–Trinajstić information content (AvgIpc) is 3.86. The molecule has 0 saturated carbocycles. The first kappa shape index (κ1) is 41.5. The third-order valence-electron chi connectivity index (χ3n) is 11.7. The number of nitrogens with one attached hydrogen (secondary N) is 2. The van der Waals surface area contributed by atoms with Crippen LogP contribution in [0.25, 0.3) is 5.78 Å². The van der Waals surface area contributed by atoms with E-state index in [2.05, 4.69) is 25.7 Å². The highest BCUT2D eigenvalue weighted by Crippen LogP contribution is 2.39. The molecule has 61 heavy (non-hydrogen) atoms. The maximum Gasteiger partial charge on any atom is 0.416 e. The molecule has 1 spiro atoms. The minimum Gasteiger partial charge on any atom is -0.485 e. The normalized spacial score (nSPS) is 16.6. The van der Waals surface area contributed by atoms with Gasteiger partial charge in [0, 0.05) is 45.8 Å². The van der Waals surface area contributed by atoms with E-state index >= 15 is 0 Å². The number of nitrogens with zero attached hydrogens (tertiary/aromatic N) is 9. The number of hydrogen-bond acceptors (Lipinski definition) is 11. The molecule has 2 aromatic carbocycles. The van der Waals surface area contributed by atoms with Gasteiger partial charge in [0.15, 0.2) is 11.4 Å². The highest BCUT2D eigenvalue weighted by molar-refractivity contribution is 6.33. The van der Waals surface area contributed by atoms with E-state index in [9.17, 15) is 32.3 Å². The van der Waals surface area contributed by atoms with Crippen LogP contribution >= 0.6 is 11.6 Å². The van der Waals surface area contributed by atoms with Crippen molar-refractivity contribution in [1.29, 1.82) is 0 Å². The molecular weight excluding hydrogens is 819 g/mol. The van der Waals surface area contributed by atoms with Crippen molar-refractivity contribution < 1.29 is 32.3 Å². The molecule has 5 aromatic rings. The van der Waals surface area contributed by atoms with Crippen LogP contribution in [0.4, 0.5) is 30.5 Å². The summed E-state index contributed by atoms with van der Waals surface area (Å²) in [6.07, 6.45) is -1.12. The van der Waals surface area contributed by atoms with Crippen LogP contribution in [0.3, 0.4) is 0 Å². The number of carbonyl (C=O) groups is 3. The first-order chi connectivity index (χ1) is 29.3. The molecule has 320 valence electrons. The number of aromatic nitrogens is 6. The summed E-state index contributed by atoms with van der Waals surface area (Å²) in [5.74, 6) is -0.319. The van der Waals surface area contributed by atoms with Gasteiger partial charge in [-0.1, -0.05) is 48.9 Å². The SMILES string of the molecule is CCc1c(N2CCN(C(=O)c3ncnc(C)c3OCc3ccccc3)CC2)c(=O)n2nc(N3CCC4(CCNC4=O)CC3)nc2n1CC(=O)Nc1ccc(C(F)(F)F)cc1Cl. The summed E-state index contributed by atoms with van der Waals surface area (Å²) in [5.41, 5.74) is 0.372. The molecule has 3 fully saturated rings. The number of alkyl halides is 3. The molecule has 6 heterocycles. The van der Waals surface area contributed by atoms with E-state index in [1.807, 2.05) is 47.1 Å². The number of halogens is 4. The Kier molecular flexibility index (Phi) is 11.3. The van der Waals surface area contributed by atoms with Crippen molar-refractivity contribution in [3.05, 3.63) is 98.4 Å². The van der Waals surface area contributed by atoms with Gasteiger partial charge in [0.1, 0.15) is 25.2 Å². The van der Waals surface area contributed by atoms with Gasteiger partial charge in [0.25, 0.3) is 11.5 Å². The quantitative estimate of drug-likeness (QED) is 0.203. The van der Waals surface area contributed by atoms with E-state index in [0.29, 0.717) is 43.9 Å². The second-order valence-electron chi connectivity index (χ2n) is 15.4. The van der Waals surface area contributed by atoms with Gasteiger partial charge < -0.3 is 34.6 Å². The van der Waals surface area contributed by atoms with E-state index < -0.39 is 35.2 Å². The second kappa shape index (κ2) is 16.7. The number of aryl methyl sites for hydroxylation is 1. The van der Waals surface area contributed by atoms with Gasteiger partial charge in [-0.15, -0.1) is 5.10 Å². The summed E-state index contributed by atoms with van der Waals surface area (Å²) in [5, 5.41) is 9.90. The number of carbonyl (C=O) groups excluding carboxylic acids is 3. The molecule has 3 aliphatic rings. The Hall–Kier alpha value is -6.24. The first-order valence-corrected chi connectivity index (χ1v) is 20.4. The number of rotatable bonds is 10. The number of ether oxygens (including phenoxy) is 1. The van der Waals surface area contributed by atoms with Crippen molar-refractivity contribution >= 4 is 52.4 Å². The van der Waals surface area contributed by atoms with E-state index in [4.69, 9.17) is 21.3 Å². The predicted octanol–water partition coefficient (Wildman–Crippen LogP) is 4.51. The van der Waals surface area contributed by atoms with E-state index in [1.165, 1.54) is 6.33 Å². The summed E-state index contributed by atoms with van der Waals surface area (Å²) < 4.78 is 48.8. The highest BCUT2D eigenvalue weighted by atomic mass is 35.5. The van der Waals surface area contributed by atoms with Crippen LogP contribution in [0.15, 0.2) is 59.7 Å². The minimum absolute atomic E-state index is 0.0244. The number of fused-ring (bicyclic) bond motifs is 1. The molecule has 0 unspecified atom stereocenters. The fourth-order valence-corrected chi connectivity index (χ4v) is 8.53. The third kappa shape index (κ3) is 8.17. The average molecular weight is 862 g/mol. The molecule has 0 radical (unpaired) electrons. The molecule has 3 saturated heterocycles. The van der Waals surface area contributed by atoms with Gasteiger partial charge in [-0.25, -0.2) is 9.97 Å². The molecule has 0 bridgehead atoms. The van der Waals surface area contributed by atoms with Crippen molar-refractivity contribution in [1.82, 2.24) is 39.3 Å². The second-order valence-corrected chi connectivity index (χ2v) is 15.8. The molecule has 3 aromatic heterocycles. The molecule has 3 amide bonds. The maximum absolute atomic E-state index is 14.6. The van der Waals surface area contributed by atoms with Crippen molar-refractivity contribution in [2.45, 2.75) is 58.9 Å². The van der Waals surface area contributed by atoms with Gasteiger partial charge in [-0.05, 0) is 56.4 Å². The number of piperazine rings is 1. The third-order valence-corrected chi connectivity index (χ3v) is 12.0. The minimum atomic E-state index is -4.63. The lowest BCUT2D eigenvalue weighted by atomic mass is 9.77. The number of piperidine rings is 1. The van der Waals surface area contributed by atoms with E-state index in [-0.39, 0.29) is 90.6 Å². The van der Waals surface area contributed by atoms with Crippen LogP contribution < -0.4 is 30.7 Å². The Morgan fingerprint density at radius 3 is 2.36 bits per heavy atom. The fourth-order valence-electron chi connectivity index (χ4n) is 8.31. The smallest absolute Gasteiger partial charge is 0.416 e. The van der Waals surface area contributed by atoms with Crippen LogP contribution in [0.5, 0.6) is 5.75 Å². The van der Waals surface area contributed by atoms with Gasteiger partial charge in [0.2, 0.25) is 23.5 Å². The first-order valence-electron chi connectivity index (χ1n) is 20.0. The number of hydrogen-bond donors (Lipinski definition) is 2. The zero-order valence-corrected chi connectivity index (χ0v) is 34.2. The Morgan fingerprint density at radius 2 is 1.70 bits per heavy atom. The van der Waals surface area contributed by atoms with Crippen LogP contribution in [-0.4, -0.2) is 97.6 Å². The standard InChI is InChI=1S/C41H43ClF3N11O5/c1-3-30-33(52-17-19-53(20-18-52)35(58)32-34(25(2)47-24-48-32)61-23-26-7-5-4-6-8-26)36(59)56-39(50-38(51-56)54-15-12-40(13-16-54)11-14-46-37(40)60)55(30)22-31(57)49-29-10-9-27(21-28(29)42)41(43,44)45/h4-10,21,24H,3,11-20,22-23H2,1-2H3,(H,46,60)(H,49,57). The van der Waals surface area contributed by atoms with Gasteiger partial charge in [-0.3, -0.25) is 19.2 Å². The largest absolute Gasteiger partial charge is 0.485 e. The summed E-state index contributed by atoms with van der Waals surface area (Å²) in [6, 6.07) is 12.2. The Morgan fingerprint density at radius 1 is 0.967 bits per heavy atom. The molecule has 2 N–H and O–H groups in total. The van der Waals surface area contributed by atoms with Gasteiger partial charge in [0.05, 0.1) is 33.1 Å². The summed E-state index contributed by atoms with van der Waals surface area (Å²) >= 11 is 6.19. The summed E-state index contributed by atoms with van der Waals surface area (Å²) in [4.78, 5) is 73.7. The van der Waals surface area contributed by atoms with Crippen molar-refractivity contribution in [3.63, 3.8) is 0 Å². The van der Waals surface area contributed by atoms with E-state index in [1.54, 1.807) is 16.4 Å². The van der Waals surface area contributed by atoms with Crippen molar-refractivity contribution in [3.8, 4) is 5.75 Å². The lowest BCUT2D eigenvalue weighted by Gasteiger charge is -2.36. The Balaban J connectivity index is 1.08. The summed E-state index contributed by atoms with van der Waals surface area (Å²) in [7, 11) is 0. The monoisotopic (exact) mass is 861 g/mol. The molecule has 0 aliphatic carbocycles. The summed E-state index contributed by atoms with van der Waals surface area (Å²) in [6.45, 7) is 5.90. The Bertz CT molecular complexity index is 2550. The molecule has 0 atom stereocenters. The molecule has 16 nitrogen and oxygen atoms in total.